The smallest absolute Gasteiger partial charge is 0.305 e. The maximum atomic E-state index is 11.8. The number of likely N-dealkylation sites (tertiary alicyclic amines) is 1. The zero-order valence-electron chi connectivity index (χ0n) is 12.2. The Morgan fingerprint density at radius 1 is 1.29 bits per heavy atom. The van der Waals surface area contributed by atoms with Gasteiger partial charge >= 0.3 is 4.87 Å². The summed E-state index contributed by atoms with van der Waals surface area (Å²) in [5, 5.41) is 0. The highest BCUT2D eigenvalue weighted by atomic mass is 32.1. The van der Waals surface area contributed by atoms with Crippen molar-refractivity contribution >= 4 is 11.3 Å². The first-order valence-electron chi connectivity index (χ1n) is 7.44. The molecular formula is C16H20N2O2S. The van der Waals surface area contributed by atoms with E-state index >= 15 is 0 Å². The number of hydrogen-bond donors (Lipinski definition) is 1. The van der Waals surface area contributed by atoms with E-state index < -0.39 is 0 Å². The van der Waals surface area contributed by atoms with Crippen molar-refractivity contribution in [1.82, 2.24) is 9.88 Å². The fourth-order valence-electron chi connectivity index (χ4n) is 2.79. The molecule has 0 amide bonds. The van der Waals surface area contributed by atoms with Gasteiger partial charge in [-0.05, 0) is 45.0 Å². The summed E-state index contributed by atoms with van der Waals surface area (Å²) >= 11 is 1.31. The van der Waals surface area contributed by atoms with Gasteiger partial charge in [-0.2, -0.15) is 0 Å². The number of nitrogens with zero attached hydrogens (tertiary/aromatic N) is 1. The second kappa shape index (κ2) is 6.45. The van der Waals surface area contributed by atoms with Gasteiger partial charge in [-0.1, -0.05) is 23.5 Å². The lowest BCUT2D eigenvalue weighted by Crippen LogP contribution is -2.18. The quantitative estimate of drug-likeness (QED) is 0.923. The monoisotopic (exact) mass is 304 g/mol. The zero-order valence-corrected chi connectivity index (χ0v) is 13.0. The number of para-hydroxylation sites is 1. The van der Waals surface area contributed by atoms with Crippen LogP contribution in [0.4, 0.5) is 0 Å². The van der Waals surface area contributed by atoms with E-state index in [1.165, 1.54) is 24.2 Å². The van der Waals surface area contributed by atoms with Crippen molar-refractivity contribution in [2.45, 2.75) is 26.3 Å². The van der Waals surface area contributed by atoms with Gasteiger partial charge in [0, 0.05) is 17.0 Å². The first kappa shape index (κ1) is 14.4. The molecule has 0 bridgehead atoms. The van der Waals surface area contributed by atoms with Crippen LogP contribution < -0.4 is 9.61 Å². The molecule has 1 saturated heterocycles. The maximum Gasteiger partial charge on any atom is 0.305 e. The first-order chi connectivity index (χ1) is 10.3. The fourth-order valence-corrected chi connectivity index (χ4v) is 3.67. The number of H-pyrrole nitrogens is 1. The summed E-state index contributed by atoms with van der Waals surface area (Å²) in [5.41, 5.74) is 1.90. The lowest BCUT2D eigenvalue weighted by Gasteiger charge is -2.15. The molecule has 3 rings (SSSR count). The lowest BCUT2D eigenvalue weighted by atomic mass is 10.1. The minimum absolute atomic E-state index is 0.00509. The topological polar surface area (TPSA) is 45.3 Å². The second-order valence-electron chi connectivity index (χ2n) is 5.23. The predicted octanol–water partition coefficient (Wildman–Crippen LogP) is 3.10. The molecule has 1 aliphatic heterocycles. The van der Waals surface area contributed by atoms with Gasteiger partial charge in [0.15, 0.2) is 0 Å². The summed E-state index contributed by atoms with van der Waals surface area (Å²) in [7, 11) is 0. The molecule has 4 nitrogen and oxygen atoms in total. The first-order valence-corrected chi connectivity index (χ1v) is 8.26. The van der Waals surface area contributed by atoms with Gasteiger partial charge in [-0.3, -0.25) is 9.69 Å². The van der Waals surface area contributed by atoms with E-state index in [0.717, 1.165) is 41.5 Å². The lowest BCUT2D eigenvalue weighted by molar-refractivity contribution is 0.334. The molecule has 0 atom stereocenters. The van der Waals surface area contributed by atoms with Crippen molar-refractivity contribution in [1.29, 1.82) is 0 Å². The molecule has 0 saturated carbocycles. The number of benzene rings is 1. The molecule has 2 heterocycles. The fraction of sp³-hybridized carbons (Fsp3) is 0.438. The van der Waals surface area contributed by atoms with Gasteiger partial charge in [-0.15, -0.1) is 0 Å². The minimum Gasteiger partial charge on any atom is -0.493 e. The van der Waals surface area contributed by atoms with Crippen LogP contribution in [-0.4, -0.2) is 29.6 Å². The van der Waals surface area contributed by atoms with E-state index in [1.807, 2.05) is 31.2 Å². The second-order valence-corrected chi connectivity index (χ2v) is 6.29. The molecule has 1 fully saturated rings. The minimum atomic E-state index is 0.00509. The highest BCUT2D eigenvalue weighted by Crippen LogP contribution is 2.32. The van der Waals surface area contributed by atoms with E-state index in [-0.39, 0.29) is 4.87 Å². The summed E-state index contributed by atoms with van der Waals surface area (Å²) in [6, 6.07) is 7.90. The average molecular weight is 304 g/mol. The molecular weight excluding hydrogens is 284 g/mol. The summed E-state index contributed by atoms with van der Waals surface area (Å²) in [6.07, 6.45) is 2.51. The number of thiazole rings is 1. The molecule has 1 aliphatic rings. The number of nitrogens with one attached hydrogen (secondary N) is 1. The Hall–Kier alpha value is -1.59. The van der Waals surface area contributed by atoms with Crippen molar-refractivity contribution in [2.24, 2.45) is 0 Å². The van der Waals surface area contributed by atoms with Crippen LogP contribution in [0.2, 0.25) is 0 Å². The van der Waals surface area contributed by atoms with Crippen LogP contribution in [-0.2, 0) is 6.54 Å². The van der Waals surface area contributed by atoms with E-state index in [9.17, 15) is 4.79 Å². The van der Waals surface area contributed by atoms with Crippen LogP contribution in [0.1, 0.15) is 24.6 Å². The zero-order chi connectivity index (χ0) is 14.7. The Balaban J connectivity index is 1.96. The number of ether oxygens (including phenoxy) is 1. The van der Waals surface area contributed by atoms with Crippen molar-refractivity contribution in [3.8, 4) is 17.0 Å². The Morgan fingerprint density at radius 2 is 2.05 bits per heavy atom. The molecule has 112 valence electrons. The highest BCUT2D eigenvalue weighted by Gasteiger charge is 2.18. The van der Waals surface area contributed by atoms with Gasteiger partial charge in [0.2, 0.25) is 0 Å². The van der Waals surface area contributed by atoms with Crippen LogP contribution >= 0.6 is 11.3 Å². The summed E-state index contributed by atoms with van der Waals surface area (Å²) in [4.78, 5) is 18.3. The van der Waals surface area contributed by atoms with E-state index in [0.29, 0.717) is 6.61 Å². The molecule has 0 unspecified atom stereocenters. The highest BCUT2D eigenvalue weighted by molar-refractivity contribution is 7.09. The predicted molar refractivity (Wildman–Crippen MR) is 86.1 cm³/mol. The van der Waals surface area contributed by atoms with E-state index in [4.69, 9.17) is 4.74 Å². The van der Waals surface area contributed by atoms with E-state index in [1.54, 1.807) is 0 Å². The van der Waals surface area contributed by atoms with E-state index in [2.05, 4.69) is 9.88 Å². The molecule has 1 N–H and O–H groups in total. The van der Waals surface area contributed by atoms with Gasteiger partial charge in [0.25, 0.3) is 0 Å². The number of hydrogen-bond acceptors (Lipinski definition) is 4. The summed E-state index contributed by atoms with van der Waals surface area (Å²) < 4.78 is 5.69. The molecule has 2 aromatic rings. The summed E-state index contributed by atoms with van der Waals surface area (Å²) in [6.45, 7) is 5.68. The average Bonchev–Trinajstić information content (AvgIpc) is 3.10. The maximum absolute atomic E-state index is 11.8. The van der Waals surface area contributed by atoms with Crippen molar-refractivity contribution < 1.29 is 4.74 Å². The van der Waals surface area contributed by atoms with Crippen molar-refractivity contribution in [3.05, 3.63) is 38.8 Å². The SMILES string of the molecule is CCOc1ccccc1-c1[nH]c(=O)sc1CN1CCCC1. The molecule has 5 heteroatoms. The van der Waals surface area contributed by atoms with Gasteiger partial charge in [0.05, 0.1) is 12.3 Å². The van der Waals surface area contributed by atoms with Gasteiger partial charge in [0.1, 0.15) is 5.75 Å². The third-order valence-corrected chi connectivity index (χ3v) is 4.61. The van der Waals surface area contributed by atoms with Crippen LogP contribution in [0.15, 0.2) is 29.1 Å². The van der Waals surface area contributed by atoms with Gasteiger partial charge in [-0.25, -0.2) is 0 Å². The Morgan fingerprint density at radius 3 is 2.81 bits per heavy atom. The van der Waals surface area contributed by atoms with Crippen LogP contribution in [0, 0.1) is 0 Å². The normalized spacial score (nSPS) is 15.5. The molecule has 1 aromatic heterocycles. The number of rotatable bonds is 5. The summed E-state index contributed by atoms with van der Waals surface area (Å²) in [5.74, 6) is 0.830. The van der Waals surface area contributed by atoms with Gasteiger partial charge < -0.3 is 9.72 Å². The molecule has 1 aromatic carbocycles. The Bertz CT molecular complexity index is 656. The van der Waals surface area contributed by atoms with Crippen LogP contribution in [0.5, 0.6) is 5.75 Å². The van der Waals surface area contributed by atoms with Crippen LogP contribution in [0.3, 0.4) is 0 Å². The third kappa shape index (κ3) is 3.19. The largest absolute Gasteiger partial charge is 0.493 e. The van der Waals surface area contributed by atoms with Crippen LogP contribution in [0.25, 0.3) is 11.3 Å². The number of aromatic nitrogens is 1. The van der Waals surface area contributed by atoms with Crippen molar-refractivity contribution in [2.75, 3.05) is 19.7 Å². The Kier molecular flexibility index (Phi) is 4.41. The molecule has 0 aliphatic carbocycles. The standard InChI is InChI=1S/C16H20N2O2S/c1-2-20-13-8-4-3-7-12(13)15-14(21-16(19)17-15)11-18-9-5-6-10-18/h3-4,7-8H,2,5-6,9-11H2,1H3,(H,17,19). The third-order valence-electron chi connectivity index (χ3n) is 3.74. The van der Waals surface area contributed by atoms with Crippen molar-refractivity contribution in [3.63, 3.8) is 0 Å². The number of aromatic amines is 1. The molecule has 21 heavy (non-hydrogen) atoms. The molecule has 0 radical (unpaired) electrons. The Labute approximate surface area is 128 Å². The molecule has 0 spiro atoms.